The van der Waals surface area contributed by atoms with Crippen LogP contribution in [-0.4, -0.2) is 142 Å². The molecule has 2 aliphatic heterocycles. The number of hydrogen-bond donors (Lipinski definition) is 7. The molecule has 0 aliphatic carbocycles. The maximum atomic E-state index is 13.0. The lowest BCUT2D eigenvalue weighted by Crippen LogP contribution is -2.61. The molecule has 0 saturated carbocycles. The summed E-state index contributed by atoms with van der Waals surface area (Å²) in [6.45, 7) is 2.20. The number of carbonyl (C=O) groups excluding carboxylic acids is 2. The Balaban J connectivity index is 1.81. The second-order valence-corrected chi connectivity index (χ2v) is 17.4. The SMILES string of the molecule is CC/C=C/C=C/C=C/C=C/C=C/CCCC(=O)OC(COC(=O)CCCCCCCC/C=C/C/C=C/C/C=C/C/C=C/C/C=C/CC)CO[C@@H]1O[C@H](CO[C@@H]2O[C@H](CO)[C@H](O)C(O)C2O)[C@H](O)C(O)C1O. The first-order valence-corrected chi connectivity index (χ1v) is 25.7. The van der Waals surface area contributed by atoms with Crippen molar-refractivity contribution >= 4 is 11.9 Å². The number of rotatable bonds is 37. The summed E-state index contributed by atoms with van der Waals surface area (Å²) in [5.41, 5.74) is 0. The van der Waals surface area contributed by atoms with Gasteiger partial charge in [0.1, 0.15) is 55.4 Å². The molecule has 5 unspecified atom stereocenters. The van der Waals surface area contributed by atoms with Crippen LogP contribution in [0.5, 0.6) is 0 Å². The van der Waals surface area contributed by atoms with Crippen molar-refractivity contribution in [3.05, 3.63) is 122 Å². The minimum absolute atomic E-state index is 0.0572. The molecule has 0 amide bonds. The van der Waals surface area contributed by atoms with E-state index in [9.17, 15) is 45.3 Å². The zero-order valence-electron chi connectivity index (χ0n) is 42.1. The van der Waals surface area contributed by atoms with Crippen molar-refractivity contribution in [2.24, 2.45) is 0 Å². The maximum absolute atomic E-state index is 13.0. The van der Waals surface area contributed by atoms with Crippen LogP contribution in [0.2, 0.25) is 0 Å². The highest BCUT2D eigenvalue weighted by molar-refractivity contribution is 5.70. The first-order chi connectivity index (χ1) is 34.5. The summed E-state index contributed by atoms with van der Waals surface area (Å²) in [6.07, 6.45) is 38.1. The fourth-order valence-corrected chi connectivity index (χ4v) is 7.15. The third kappa shape index (κ3) is 29.3. The van der Waals surface area contributed by atoms with Gasteiger partial charge in [-0.1, -0.05) is 161 Å². The second kappa shape index (κ2) is 41.4. The van der Waals surface area contributed by atoms with Gasteiger partial charge in [-0.2, -0.15) is 0 Å². The molecule has 400 valence electrons. The van der Waals surface area contributed by atoms with Gasteiger partial charge in [-0.05, 0) is 70.6 Å². The third-order valence-corrected chi connectivity index (χ3v) is 11.3. The standard InChI is InChI=1S/C56H86O15/c1-3-5-7-9-11-13-15-17-18-19-20-21-22-23-24-25-27-28-30-32-34-36-38-47(58)66-41-44(69-48(59)39-37-35-33-31-29-26-16-14-12-10-8-6-4-2)42-67-55-54(65)52(63)50(61)46(71-55)43-68-56-53(64)51(62)49(60)45(40-57)70-56/h5-8,10-14,16-18,20-21,23-24,26,29,31,33,44-46,49-57,60-65H,3-4,9,15,19,22,25,27-28,30,32,34-43H2,1-2H3/b7-5+,8-6+,12-10+,13-11+,16-14+,18-17+,21-20+,24-23+,29-26+,33-31+/t44?,45-,46-,49+,50+,51?,52?,53?,54?,55-,56-/m1/s1. The molecule has 2 rings (SSSR count). The van der Waals surface area contributed by atoms with E-state index in [1.807, 2.05) is 54.7 Å². The van der Waals surface area contributed by atoms with Crippen LogP contribution in [0.1, 0.15) is 123 Å². The van der Waals surface area contributed by atoms with Crippen molar-refractivity contribution in [3.63, 3.8) is 0 Å². The van der Waals surface area contributed by atoms with Gasteiger partial charge in [0.15, 0.2) is 18.7 Å². The second-order valence-electron chi connectivity index (χ2n) is 17.4. The molecule has 2 aliphatic rings. The quantitative estimate of drug-likeness (QED) is 0.0140. The average Bonchev–Trinajstić information content (AvgIpc) is 3.36. The number of ether oxygens (including phenoxy) is 6. The molecule has 0 spiro atoms. The fourth-order valence-electron chi connectivity index (χ4n) is 7.15. The van der Waals surface area contributed by atoms with E-state index < -0.39 is 99.3 Å². The predicted molar refractivity (Wildman–Crippen MR) is 274 cm³/mol. The van der Waals surface area contributed by atoms with Crippen molar-refractivity contribution in [3.8, 4) is 0 Å². The normalized spacial score (nSPS) is 26.2. The van der Waals surface area contributed by atoms with Crippen molar-refractivity contribution in [2.75, 3.05) is 26.4 Å². The molecule has 0 bridgehead atoms. The fraction of sp³-hybridized carbons (Fsp3) is 0.607. The highest BCUT2D eigenvalue weighted by atomic mass is 16.7. The summed E-state index contributed by atoms with van der Waals surface area (Å²) in [4.78, 5) is 25.7. The molecule has 71 heavy (non-hydrogen) atoms. The van der Waals surface area contributed by atoms with E-state index in [1.54, 1.807) is 0 Å². The Hall–Kier alpha value is -4.10. The summed E-state index contributed by atoms with van der Waals surface area (Å²) >= 11 is 0. The molecule has 0 aromatic heterocycles. The molecular formula is C56H86O15. The van der Waals surface area contributed by atoms with Crippen LogP contribution in [0.4, 0.5) is 0 Å². The van der Waals surface area contributed by atoms with Crippen LogP contribution in [0.15, 0.2) is 122 Å². The van der Waals surface area contributed by atoms with E-state index >= 15 is 0 Å². The number of aliphatic hydroxyl groups is 7. The highest BCUT2D eigenvalue weighted by Crippen LogP contribution is 2.26. The largest absolute Gasteiger partial charge is 0.462 e. The van der Waals surface area contributed by atoms with E-state index in [4.69, 9.17) is 28.4 Å². The van der Waals surface area contributed by atoms with Gasteiger partial charge < -0.3 is 64.2 Å². The Kier molecular flexibility index (Phi) is 36.7. The summed E-state index contributed by atoms with van der Waals surface area (Å²) in [5.74, 6) is -1.04. The van der Waals surface area contributed by atoms with Crippen LogP contribution in [0.3, 0.4) is 0 Å². The predicted octanol–water partition coefficient (Wildman–Crippen LogP) is 7.32. The van der Waals surface area contributed by atoms with E-state index in [2.05, 4.69) is 80.7 Å². The smallest absolute Gasteiger partial charge is 0.306 e. The molecule has 15 heteroatoms. The summed E-state index contributed by atoms with van der Waals surface area (Å²) in [6, 6.07) is 0. The van der Waals surface area contributed by atoms with Crippen molar-refractivity contribution in [2.45, 2.75) is 191 Å². The van der Waals surface area contributed by atoms with Crippen LogP contribution >= 0.6 is 0 Å². The molecule has 11 atom stereocenters. The lowest BCUT2D eigenvalue weighted by molar-refractivity contribution is -0.332. The zero-order chi connectivity index (χ0) is 51.7. The molecule has 0 aromatic rings. The number of hydrogen-bond acceptors (Lipinski definition) is 15. The number of esters is 2. The van der Waals surface area contributed by atoms with Gasteiger partial charge in [-0.15, -0.1) is 0 Å². The maximum Gasteiger partial charge on any atom is 0.306 e. The molecule has 0 aromatic carbocycles. The number of carbonyl (C=O) groups is 2. The lowest BCUT2D eigenvalue weighted by atomic mass is 9.98. The summed E-state index contributed by atoms with van der Waals surface area (Å²) < 4.78 is 33.4. The van der Waals surface area contributed by atoms with Crippen molar-refractivity contribution in [1.82, 2.24) is 0 Å². The van der Waals surface area contributed by atoms with E-state index in [-0.39, 0.29) is 19.4 Å². The number of unbranched alkanes of at least 4 members (excludes halogenated alkanes) is 7. The van der Waals surface area contributed by atoms with E-state index in [0.717, 1.165) is 77.0 Å². The highest BCUT2D eigenvalue weighted by Gasteiger charge is 2.47. The first-order valence-electron chi connectivity index (χ1n) is 25.7. The molecule has 0 radical (unpaired) electrons. The Morgan fingerprint density at radius 1 is 0.465 bits per heavy atom. The van der Waals surface area contributed by atoms with Gasteiger partial charge in [0, 0.05) is 12.8 Å². The van der Waals surface area contributed by atoms with Gasteiger partial charge in [-0.25, -0.2) is 0 Å². The number of allylic oxidation sites excluding steroid dienone is 20. The topological polar surface area (TPSA) is 231 Å². The van der Waals surface area contributed by atoms with Gasteiger partial charge in [0.25, 0.3) is 0 Å². The lowest BCUT2D eigenvalue weighted by Gasteiger charge is -2.42. The monoisotopic (exact) mass is 999 g/mol. The molecule has 7 N–H and O–H groups in total. The van der Waals surface area contributed by atoms with Crippen molar-refractivity contribution < 1.29 is 73.8 Å². The Bertz CT molecular complexity index is 1690. The van der Waals surface area contributed by atoms with Gasteiger partial charge in [0.05, 0.1) is 19.8 Å². The minimum atomic E-state index is -1.79. The molecular weight excluding hydrogens is 913 g/mol. The Morgan fingerprint density at radius 3 is 1.52 bits per heavy atom. The third-order valence-electron chi connectivity index (χ3n) is 11.3. The van der Waals surface area contributed by atoms with Crippen LogP contribution in [0, 0.1) is 0 Å². The first kappa shape index (κ1) is 63.0. The van der Waals surface area contributed by atoms with Gasteiger partial charge >= 0.3 is 11.9 Å². The van der Waals surface area contributed by atoms with Crippen LogP contribution < -0.4 is 0 Å². The number of aliphatic hydroxyl groups excluding tert-OH is 7. The molecule has 15 nitrogen and oxygen atoms in total. The Labute approximate surface area is 422 Å². The van der Waals surface area contributed by atoms with Crippen molar-refractivity contribution in [1.29, 1.82) is 0 Å². The van der Waals surface area contributed by atoms with E-state index in [0.29, 0.717) is 19.3 Å². The Morgan fingerprint density at radius 2 is 0.930 bits per heavy atom. The van der Waals surface area contributed by atoms with Gasteiger partial charge in [-0.3, -0.25) is 9.59 Å². The average molecular weight is 999 g/mol. The van der Waals surface area contributed by atoms with Crippen LogP contribution in [-0.2, 0) is 38.0 Å². The van der Waals surface area contributed by atoms with Crippen LogP contribution in [0.25, 0.3) is 0 Å². The summed E-state index contributed by atoms with van der Waals surface area (Å²) in [5, 5.41) is 72.1. The summed E-state index contributed by atoms with van der Waals surface area (Å²) in [7, 11) is 0. The van der Waals surface area contributed by atoms with E-state index in [1.165, 1.54) is 0 Å². The minimum Gasteiger partial charge on any atom is -0.462 e. The molecule has 2 fully saturated rings. The molecule has 2 saturated heterocycles. The van der Waals surface area contributed by atoms with Gasteiger partial charge in [0.2, 0.25) is 0 Å². The molecule has 2 heterocycles. The zero-order valence-corrected chi connectivity index (χ0v) is 42.1.